The fraction of sp³-hybridized carbons (Fsp3) is 0.636. The zero-order valence-electron chi connectivity index (χ0n) is 8.99. The van der Waals surface area contributed by atoms with Gasteiger partial charge in [0.15, 0.2) is 0 Å². The molecule has 1 fully saturated rings. The molecule has 0 aromatic carbocycles. The van der Waals surface area contributed by atoms with Crippen molar-refractivity contribution in [2.45, 2.75) is 26.7 Å². The van der Waals surface area contributed by atoms with E-state index in [-0.39, 0.29) is 0 Å². The molecule has 1 aliphatic rings. The summed E-state index contributed by atoms with van der Waals surface area (Å²) in [5, 5.41) is 0. The van der Waals surface area contributed by atoms with E-state index in [1.165, 1.54) is 0 Å². The highest BCUT2D eigenvalue weighted by atomic mass is 14.8. The Labute approximate surface area is 84.8 Å². The van der Waals surface area contributed by atoms with Gasteiger partial charge in [-0.25, -0.2) is 0 Å². The normalized spacial score (nSPS) is 28.9. The Morgan fingerprint density at radius 3 is 2.50 bits per heavy atom. The van der Waals surface area contributed by atoms with Crippen LogP contribution >= 0.6 is 0 Å². The van der Waals surface area contributed by atoms with Gasteiger partial charge in [0, 0.05) is 18.3 Å². The van der Waals surface area contributed by atoms with Crippen LogP contribution in [0.3, 0.4) is 0 Å². The Bertz CT molecular complexity index is 346. The van der Waals surface area contributed by atoms with Crippen LogP contribution in [0.5, 0.6) is 0 Å². The first-order chi connectivity index (χ1) is 6.59. The van der Waals surface area contributed by atoms with Gasteiger partial charge < -0.3 is 5.73 Å². The fourth-order valence-corrected chi connectivity index (χ4v) is 2.45. The van der Waals surface area contributed by atoms with Crippen LogP contribution in [0.25, 0.3) is 0 Å². The molecule has 0 bridgehead atoms. The average molecular weight is 191 g/mol. The second-order valence-corrected chi connectivity index (χ2v) is 4.67. The van der Waals surface area contributed by atoms with Crippen LogP contribution in [0.15, 0.2) is 12.4 Å². The lowest BCUT2D eigenvalue weighted by atomic mass is 10.1. The minimum absolute atomic E-state index is 0.301. The molecule has 0 radical (unpaired) electrons. The van der Waals surface area contributed by atoms with Crippen LogP contribution in [0, 0.1) is 18.3 Å². The summed E-state index contributed by atoms with van der Waals surface area (Å²) in [6.07, 6.45) is 3.51. The molecule has 76 valence electrons. The average Bonchev–Trinajstić information content (AvgIpc) is 2.69. The molecule has 3 heteroatoms. The molecule has 2 N–H and O–H groups in total. The molecule has 14 heavy (non-hydrogen) atoms. The Hall–Kier alpha value is -0.960. The molecule has 1 saturated carbocycles. The summed E-state index contributed by atoms with van der Waals surface area (Å²) in [4.78, 5) is 8.69. The Kier molecular flexibility index (Phi) is 2.07. The van der Waals surface area contributed by atoms with Gasteiger partial charge in [-0.05, 0) is 24.8 Å². The summed E-state index contributed by atoms with van der Waals surface area (Å²) in [6, 6.07) is 0. The first-order valence-electron chi connectivity index (χ1n) is 5.06. The van der Waals surface area contributed by atoms with Crippen LogP contribution in [0.4, 0.5) is 0 Å². The third-order valence-corrected chi connectivity index (χ3v) is 3.52. The zero-order chi connectivity index (χ0) is 10.3. The number of aromatic nitrogens is 2. The molecule has 0 amide bonds. The lowest BCUT2D eigenvalue weighted by molar-refractivity contribution is 0.556. The summed E-state index contributed by atoms with van der Waals surface area (Å²) in [5.74, 6) is 1.07. The smallest absolute Gasteiger partial charge is 0.0655 e. The highest BCUT2D eigenvalue weighted by molar-refractivity contribution is 5.28. The third-order valence-electron chi connectivity index (χ3n) is 3.52. The Morgan fingerprint density at radius 1 is 1.36 bits per heavy atom. The first kappa shape index (κ1) is 9.59. The van der Waals surface area contributed by atoms with Crippen molar-refractivity contribution in [3.8, 4) is 0 Å². The van der Waals surface area contributed by atoms with Crippen molar-refractivity contribution in [3.05, 3.63) is 23.8 Å². The predicted octanol–water partition coefficient (Wildman–Crippen LogP) is 1.48. The molecular weight excluding hydrogens is 174 g/mol. The van der Waals surface area contributed by atoms with Crippen molar-refractivity contribution in [2.75, 3.05) is 6.54 Å². The minimum Gasteiger partial charge on any atom is -0.330 e. The lowest BCUT2D eigenvalue weighted by Crippen LogP contribution is -2.05. The van der Waals surface area contributed by atoms with E-state index in [9.17, 15) is 0 Å². The summed E-state index contributed by atoms with van der Waals surface area (Å²) >= 11 is 0. The van der Waals surface area contributed by atoms with E-state index in [1.807, 2.05) is 6.92 Å². The molecule has 1 aromatic heterocycles. The highest BCUT2D eigenvalue weighted by Gasteiger charge is 2.58. The molecule has 1 heterocycles. The number of rotatable bonds is 2. The van der Waals surface area contributed by atoms with Crippen molar-refractivity contribution in [2.24, 2.45) is 17.1 Å². The third kappa shape index (κ3) is 1.23. The van der Waals surface area contributed by atoms with Crippen molar-refractivity contribution in [1.82, 2.24) is 9.97 Å². The van der Waals surface area contributed by atoms with E-state index in [0.29, 0.717) is 17.3 Å². The van der Waals surface area contributed by atoms with E-state index in [2.05, 4.69) is 23.8 Å². The Balaban J connectivity index is 2.31. The number of hydrogen-bond donors (Lipinski definition) is 1. The van der Waals surface area contributed by atoms with Crippen LogP contribution in [0.2, 0.25) is 0 Å². The largest absolute Gasteiger partial charge is 0.330 e. The number of nitrogens with two attached hydrogens (primary N) is 1. The van der Waals surface area contributed by atoms with Crippen LogP contribution in [0.1, 0.15) is 31.2 Å². The molecule has 2 unspecified atom stereocenters. The van der Waals surface area contributed by atoms with Crippen molar-refractivity contribution < 1.29 is 0 Å². The molecule has 0 aliphatic heterocycles. The van der Waals surface area contributed by atoms with Crippen LogP contribution in [-0.2, 0) is 0 Å². The van der Waals surface area contributed by atoms with Gasteiger partial charge in [-0.15, -0.1) is 0 Å². The fourth-order valence-electron chi connectivity index (χ4n) is 2.45. The van der Waals surface area contributed by atoms with Crippen LogP contribution in [-0.4, -0.2) is 16.5 Å². The Morgan fingerprint density at radius 2 is 2.00 bits per heavy atom. The monoisotopic (exact) mass is 191 g/mol. The van der Waals surface area contributed by atoms with Crippen molar-refractivity contribution in [1.29, 1.82) is 0 Å². The van der Waals surface area contributed by atoms with E-state index in [4.69, 9.17) is 5.73 Å². The summed E-state index contributed by atoms with van der Waals surface area (Å²) < 4.78 is 0. The van der Waals surface area contributed by atoms with Gasteiger partial charge in [0.05, 0.1) is 11.4 Å². The van der Waals surface area contributed by atoms with Crippen molar-refractivity contribution in [3.63, 3.8) is 0 Å². The van der Waals surface area contributed by atoms with Gasteiger partial charge in [0.25, 0.3) is 0 Å². The highest BCUT2D eigenvalue weighted by Crippen LogP contribution is 2.63. The maximum Gasteiger partial charge on any atom is 0.0655 e. The van der Waals surface area contributed by atoms with Crippen LogP contribution < -0.4 is 5.73 Å². The molecular formula is C11H17N3. The van der Waals surface area contributed by atoms with Gasteiger partial charge >= 0.3 is 0 Å². The molecule has 2 rings (SSSR count). The summed E-state index contributed by atoms with van der Waals surface area (Å²) in [6.45, 7) is 7.27. The molecule has 0 spiro atoms. The minimum atomic E-state index is 0.301. The first-order valence-corrected chi connectivity index (χ1v) is 5.06. The summed E-state index contributed by atoms with van der Waals surface area (Å²) in [5.41, 5.74) is 8.22. The second-order valence-electron chi connectivity index (χ2n) is 4.67. The number of aryl methyl sites for hydroxylation is 1. The molecule has 0 saturated heterocycles. The van der Waals surface area contributed by atoms with Gasteiger partial charge in [-0.1, -0.05) is 13.8 Å². The van der Waals surface area contributed by atoms with Gasteiger partial charge in [0.2, 0.25) is 0 Å². The molecule has 1 aromatic rings. The van der Waals surface area contributed by atoms with E-state index in [1.54, 1.807) is 12.4 Å². The van der Waals surface area contributed by atoms with Gasteiger partial charge in [0.1, 0.15) is 0 Å². The SMILES string of the molecule is Cc1nccnc1C1C(CN)C1(C)C. The quantitative estimate of drug-likeness (QED) is 0.770. The number of hydrogen-bond acceptors (Lipinski definition) is 3. The molecule has 1 aliphatic carbocycles. The van der Waals surface area contributed by atoms with E-state index >= 15 is 0 Å². The van der Waals surface area contributed by atoms with Gasteiger partial charge in [-0.2, -0.15) is 0 Å². The summed E-state index contributed by atoms with van der Waals surface area (Å²) in [7, 11) is 0. The van der Waals surface area contributed by atoms with E-state index < -0.39 is 0 Å². The predicted molar refractivity (Wildman–Crippen MR) is 55.8 cm³/mol. The molecule has 2 atom stereocenters. The molecule has 3 nitrogen and oxygen atoms in total. The number of nitrogens with zero attached hydrogens (tertiary/aromatic N) is 2. The zero-order valence-corrected chi connectivity index (χ0v) is 8.99. The topological polar surface area (TPSA) is 51.8 Å². The van der Waals surface area contributed by atoms with Gasteiger partial charge in [-0.3, -0.25) is 9.97 Å². The van der Waals surface area contributed by atoms with E-state index in [0.717, 1.165) is 17.9 Å². The standard InChI is InChI=1S/C11H17N3/c1-7-10(14-5-4-13-7)9-8(6-12)11(9,2)3/h4-5,8-9H,6,12H2,1-3H3. The van der Waals surface area contributed by atoms with Crippen molar-refractivity contribution >= 4 is 0 Å². The maximum atomic E-state index is 5.74. The maximum absolute atomic E-state index is 5.74. The second kappa shape index (κ2) is 3.02. The lowest BCUT2D eigenvalue weighted by Gasteiger charge is -2.04.